The van der Waals surface area contributed by atoms with E-state index >= 15 is 0 Å². The Morgan fingerprint density at radius 3 is 2.65 bits per heavy atom. The van der Waals surface area contributed by atoms with Crippen molar-refractivity contribution in [3.63, 3.8) is 0 Å². The number of hydrogen-bond donors (Lipinski definition) is 1. The molecule has 0 heterocycles. The number of nitrogens with one attached hydrogen (secondary N) is 1. The van der Waals surface area contributed by atoms with Crippen LogP contribution >= 0.6 is 11.8 Å². The summed E-state index contributed by atoms with van der Waals surface area (Å²) in [6.45, 7) is 0. The van der Waals surface area contributed by atoms with E-state index in [1.54, 1.807) is 18.9 Å². The van der Waals surface area contributed by atoms with Gasteiger partial charge in [0.2, 0.25) is 0 Å². The first-order chi connectivity index (χ1) is 8.33. The summed E-state index contributed by atoms with van der Waals surface area (Å²) in [7, 11) is 3.62. The number of hydrogen-bond acceptors (Lipinski definition) is 3. The minimum Gasteiger partial charge on any atom is -0.497 e. The van der Waals surface area contributed by atoms with E-state index in [0.717, 1.165) is 11.4 Å². The fourth-order valence-electron chi connectivity index (χ4n) is 1.55. The zero-order chi connectivity index (χ0) is 12.1. The van der Waals surface area contributed by atoms with Gasteiger partial charge in [0.15, 0.2) is 0 Å². The third kappa shape index (κ3) is 2.94. The van der Waals surface area contributed by atoms with Crippen molar-refractivity contribution in [3.05, 3.63) is 48.5 Å². The third-order valence-electron chi connectivity index (χ3n) is 2.43. The van der Waals surface area contributed by atoms with E-state index in [2.05, 4.69) is 23.5 Å². The van der Waals surface area contributed by atoms with Gasteiger partial charge in [-0.15, -0.1) is 0 Å². The van der Waals surface area contributed by atoms with Crippen LogP contribution in [0.1, 0.15) is 0 Å². The molecule has 0 aromatic heterocycles. The van der Waals surface area contributed by atoms with Gasteiger partial charge in [0, 0.05) is 22.5 Å². The van der Waals surface area contributed by atoms with Crippen LogP contribution in [0.3, 0.4) is 0 Å². The van der Waals surface area contributed by atoms with Crippen LogP contribution in [0.5, 0.6) is 5.75 Å². The van der Waals surface area contributed by atoms with Gasteiger partial charge in [-0.25, -0.2) is 0 Å². The molecular formula is C14H15NOS. The molecule has 0 aliphatic carbocycles. The lowest BCUT2D eigenvalue weighted by Gasteiger charge is -2.09. The summed E-state index contributed by atoms with van der Waals surface area (Å²) < 4.78 is 5.22. The molecule has 2 aromatic carbocycles. The smallest absolute Gasteiger partial charge is 0.119 e. The molecule has 88 valence electrons. The summed E-state index contributed by atoms with van der Waals surface area (Å²) in [5.74, 6) is 0.886. The molecule has 0 unspecified atom stereocenters. The highest BCUT2D eigenvalue weighted by atomic mass is 32.2. The topological polar surface area (TPSA) is 21.3 Å². The van der Waals surface area contributed by atoms with Crippen LogP contribution in [0.2, 0.25) is 0 Å². The maximum atomic E-state index is 5.22. The van der Waals surface area contributed by atoms with Crippen LogP contribution in [0.15, 0.2) is 58.3 Å². The predicted molar refractivity (Wildman–Crippen MR) is 73.1 cm³/mol. The quantitative estimate of drug-likeness (QED) is 0.883. The van der Waals surface area contributed by atoms with Crippen molar-refractivity contribution in [1.82, 2.24) is 0 Å². The molecule has 0 radical (unpaired) electrons. The molecule has 0 aliphatic rings. The zero-order valence-corrected chi connectivity index (χ0v) is 10.8. The van der Waals surface area contributed by atoms with Crippen LogP contribution < -0.4 is 10.1 Å². The minimum absolute atomic E-state index is 0.886. The molecule has 0 fully saturated rings. The van der Waals surface area contributed by atoms with Crippen molar-refractivity contribution in [2.24, 2.45) is 0 Å². The van der Waals surface area contributed by atoms with Crippen LogP contribution in [0, 0.1) is 0 Å². The number of para-hydroxylation sites is 1. The Morgan fingerprint density at radius 2 is 1.88 bits per heavy atom. The van der Waals surface area contributed by atoms with E-state index in [-0.39, 0.29) is 0 Å². The zero-order valence-electron chi connectivity index (χ0n) is 9.94. The molecule has 2 rings (SSSR count). The van der Waals surface area contributed by atoms with Crippen molar-refractivity contribution >= 4 is 17.4 Å². The second-order valence-corrected chi connectivity index (χ2v) is 4.64. The van der Waals surface area contributed by atoms with Gasteiger partial charge in [-0.1, -0.05) is 30.0 Å². The number of rotatable bonds is 4. The van der Waals surface area contributed by atoms with E-state index in [9.17, 15) is 0 Å². The van der Waals surface area contributed by atoms with Gasteiger partial charge in [-0.05, 0) is 30.3 Å². The lowest BCUT2D eigenvalue weighted by atomic mass is 10.3. The minimum atomic E-state index is 0.886. The highest BCUT2D eigenvalue weighted by Crippen LogP contribution is 2.34. The summed E-state index contributed by atoms with van der Waals surface area (Å²) in [6, 6.07) is 16.3. The Hall–Kier alpha value is -1.61. The lowest BCUT2D eigenvalue weighted by molar-refractivity contribution is 0.413. The van der Waals surface area contributed by atoms with Gasteiger partial charge in [-0.3, -0.25) is 0 Å². The number of anilines is 1. The van der Waals surface area contributed by atoms with Gasteiger partial charge < -0.3 is 10.1 Å². The molecule has 3 heteroatoms. The van der Waals surface area contributed by atoms with Crippen LogP contribution in [0.4, 0.5) is 5.69 Å². The van der Waals surface area contributed by atoms with Crippen LogP contribution in [0.25, 0.3) is 0 Å². The monoisotopic (exact) mass is 245 g/mol. The van der Waals surface area contributed by atoms with E-state index in [1.807, 2.05) is 37.4 Å². The number of benzene rings is 2. The summed E-state index contributed by atoms with van der Waals surface area (Å²) in [5, 5.41) is 3.19. The Bertz CT molecular complexity index is 499. The van der Waals surface area contributed by atoms with E-state index in [4.69, 9.17) is 4.74 Å². The molecule has 0 bridgehead atoms. The van der Waals surface area contributed by atoms with Crippen molar-refractivity contribution in [2.75, 3.05) is 19.5 Å². The number of ether oxygens (including phenoxy) is 1. The molecule has 1 N–H and O–H groups in total. The normalized spacial score (nSPS) is 10.0. The molecule has 17 heavy (non-hydrogen) atoms. The average molecular weight is 245 g/mol. The van der Waals surface area contributed by atoms with Gasteiger partial charge in [0.25, 0.3) is 0 Å². The lowest BCUT2D eigenvalue weighted by Crippen LogP contribution is -1.89. The third-order valence-corrected chi connectivity index (χ3v) is 3.49. The Morgan fingerprint density at radius 1 is 1.06 bits per heavy atom. The molecule has 0 saturated heterocycles. The maximum Gasteiger partial charge on any atom is 0.119 e. The van der Waals surface area contributed by atoms with Gasteiger partial charge in [0.05, 0.1) is 7.11 Å². The second kappa shape index (κ2) is 5.64. The van der Waals surface area contributed by atoms with Crippen molar-refractivity contribution in [3.8, 4) is 5.75 Å². The molecule has 0 aliphatic heterocycles. The maximum absolute atomic E-state index is 5.22. The fourth-order valence-corrected chi connectivity index (χ4v) is 2.56. The predicted octanol–water partition coefficient (Wildman–Crippen LogP) is 3.89. The van der Waals surface area contributed by atoms with Crippen LogP contribution in [-0.4, -0.2) is 14.2 Å². The van der Waals surface area contributed by atoms with E-state index in [0.29, 0.717) is 0 Å². The molecule has 2 aromatic rings. The van der Waals surface area contributed by atoms with E-state index in [1.165, 1.54) is 9.79 Å². The summed E-state index contributed by atoms with van der Waals surface area (Å²) in [6.07, 6.45) is 0. The van der Waals surface area contributed by atoms with Crippen LogP contribution in [-0.2, 0) is 0 Å². The molecule has 0 atom stereocenters. The van der Waals surface area contributed by atoms with Gasteiger partial charge in [-0.2, -0.15) is 0 Å². The Labute approximate surface area is 106 Å². The SMILES string of the molecule is CNc1ccccc1Sc1cccc(OC)c1. The Kier molecular flexibility index (Phi) is 3.94. The highest BCUT2D eigenvalue weighted by Gasteiger charge is 2.03. The highest BCUT2D eigenvalue weighted by molar-refractivity contribution is 7.99. The average Bonchev–Trinajstić information content (AvgIpc) is 2.39. The molecule has 0 saturated carbocycles. The van der Waals surface area contributed by atoms with Gasteiger partial charge in [0.1, 0.15) is 5.75 Å². The number of methoxy groups -OCH3 is 1. The largest absolute Gasteiger partial charge is 0.497 e. The molecule has 0 spiro atoms. The molecule has 2 nitrogen and oxygen atoms in total. The molecule has 0 amide bonds. The van der Waals surface area contributed by atoms with Crippen molar-refractivity contribution in [1.29, 1.82) is 0 Å². The summed E-state index contributed by atoms with van der Waals surface area (Å²) >= 11 is 1.73. The first kappa shape index (κ1) is 11.9. The second-order valence-electron chi connectivity index (χ2n) is 3.53. The van der Waals surface area contributed by atoms with Gasteiger partial charge >= 0.3 is 0 Å². The fraction of sp³-hybridized carbons (Fsp3) is 0.143. The first-order valence-corrected chi connectivity index (χ1v) is 6.24. The Balaban J connectivity index is 2.24. The standard InChI is InChI=1S/C14H15NOS/c1-15-13-8-3-4-9-14(13)17-12-7-5-6-11(10-12)16-2/h3-10,15H,1-2H3. The first-order valence-electron chi connectivity index (χ1n) is 5.42. The van der Waals surface area contributed by atoms with E-state index < -0.39 is 0 Å². The van der Waals surface area contributed by atoms with Crippen molar-refractivity contribution < 1.29 is 4.74 Å². The summed E-state index contributed by atoms with van der Waals surface area (Å²) in [4.78, 5) is 2.38. The molecular weight excluding hydrogens is 230 g/mol. The summed E-state index contributed by atoms with van der Waals surface area (Å²) in [5.41, 5.74) is 1.14. The van der Waals surface area contributed by atoms with Crippen molar-refractivity contribution in [2.45, 2.75) is 9.79 Å².